The van der Waals surface area contributed by atoms with Crippen LogP contribution < -0.4 is 5.32 Å². The van der Waals surface area contributed by atoms with Gasteiger partial charge in [0, 0.05) is 32.9 Å². The first-order valence-electron chi connectivity index (χ1n) is 12.7. The lowest BCUT2D eigenvalue weighted by atomic mass is 10.1. The number of nitrogens with zero attached hydrogens (tertiary/aromatic N) is 4. The highest BCUT2D eigenvalue weighted by atomic mass is 32.2. The number of benzene rings is 6. The monoisotopic (exact) mass is 557 g/mol. The van der Waals surface area contributed by atoms with Crippen LogP contribution >= 0.6 is 0 Å². The van der Waals surface area contributed by atoms with Crippen molar-refractivity contribution in [2.75, 3.05) is 5.32 Å². The minimum atomic E-state index is -4.52. The van der Waals surface area contributed by atoms with Gasteiger partial charge in [0.05, 0.1) is 22.7 Å². The third-order valence-corrected chi connectivity index (χ3v) is 7.38. The molecule has 0 radical (unpaired) electrons. The van der Waals surface area contributed by atoms with Crippen molar-refractivity contribution in [3.8, 4) is 0 Å². The molecule has 200 valence electrons. The summed E-state index contributed by atoms with van der Waals surface area (Å²) in [6.45, 7) is 0. The average Bonchev–Trinajstić information content (AvgIpc) is 3.00. The molecule has 6 rings (SSSR count). The number of rotatable bonds is 7. The maximum Gasteiger partial charge on any atom is 0.295 e. The molecule has 0 heterocycles. The van der Waals surface area contributed by atoms with Crippen LogP contribution in [0.1, 0.15) is 0 Å². The Bertz CT molecular complexity index is 2050. The van der Waals surface area contributed by atoms with Crippen molar-refractivity contribution < 1.29 is 13.0 Å². The van der Waals surface area contributed by atoms with Gasteiger partial charge in [0.15, 0.2) is 0 Å². The van der Waals surface area contributed by atoms with Crippen LogP contribution in [0.3, 0.4) is 0 Å². The topological polar surface area (TPSA) is 116 Å². The Morgan fingerprint density at radius 2 is 1.02 bits per heavy atom. The highest BCUT2D eigenvalue weighted by molar-refractivity contribution is 7.86. The molecule has 0 unspecified atom stereocenters. The summed E-state index contributed by atoms with van der Waals surface area (Å²) in [6, 6.07) is 38.4. The predicted molar refractivity (Wildman–Crippen MR) is 162 cm³/mol. The summed E-state index contributed by atoms with van der Waals surface area (Å²) in [5.74, 6) is 0. The Morgan fingerprint density at radius 1 is 0.512 bits per heavy atom. The standard InChI is InChI=1S/C32H23N5O3S/c38-41(39,40)31-17-9-16-26-29(20-21-30(32(26)31)33-22-10-3-1-4-11-22)37-36-28-19-18-27(24-14-7-8-15-25(24)28)35-34-23-12-5-2-6-13-23/h1-21,33H,(H,38,39,40)/b35-34+,37-36+. The first-order chi connectivity index (χ1) is 20.0. The third-order valence-electron chi connectivity index (χ3n) is 6.48. The first kappa shape index (κ1) is 26.0. The molecule has 0 fully saturated rings. The first-order valence-corrected chi connectivity index (χ1v) is 14.2. The van der Waals surface area contributed by atoms with Crippen LogP contribution in [-0.2, 0) is 10.1 Å². The third kappa shape index (κ3) is 5.58. The second kappa shape index (κ2) is 11.1. The van der Waals surface area contributed by atoms with Crippen LogP contribution in [0.5, 0.6) is 0 Å². The summed E-state index contributed by atoms with van der Waals surface area (Å²) in [4.78, 5) is -0.218. The van der Waals surface area contributed by atoms with Crippen LogP contribution in [-0.4, -0.2) is 13.0 Å². The van der Waals surface area contributed by atoms with Gasteiger partial charge in [-0.15, -0.1) is 15.3 Å². The molecule has 0 spiro atoms. The molecular weight excluding hydrogens is 534 g/mol. The molecule has 0 atom stereocenters. The molecule has 2 N–H and O–H groups in total. The van der Waals surface area contributed by atoms with E-state index in [0.717, 1.165) is 22.1 Å². The molecule has 0 aliphatic carbocycles. The van der Waals surface area contributed by atoms with Gasteiger partial charge in [0.2, 0.25) is 0 Å². The largest absolute Gasteiger partial charge is 0.355 e. The smallest absolute Gasteiger partial charge is 0.295 e. The molecule has 6 aromatic rings. The minimum Gasteiger partial charge on any atom is -0.355 e. The summed E-state index contributed by atoms with van der Waals surface area (Å²) in [7, 11) is -4.52. The Labute approximate surface area is 236 Å². The van der Waals surface area contributed by atoms with Crippen LogP contribution in [0.2, 0.25) is 0 Å². The van der Waals surface area contributed by atoms with Gasteiger partial charge >= 0.3 is 0 Å². The van der Waals surface area contributed by atoms with Crippen molar-refractivity contribution in [3.63, 3.8) is 0 Å². The summed E-state index contributed by atoms with van der Waals surface area (Å²) in [5, 5.41) is 23.6. The van der Waals surface area contributed by atoms with E-state index in [0.29, 0.717) is 33.5 Å². The van der Waals surface area contributed by atoms with E-state index in [2.05, 4.69) is 25.8 Å². The number of anilines is 2. The van der Waals surface area contributed by atoms with E-state index in [1.165, 1.54) is 6.07 Å². The van der Waals surface area contributed by atoms with Gasteiger partial charge in [-0.1, -0.05) is 72.8 Å². The molecule has 8 nitrogen and oxygen atoms in total. The van der Waals surface area contributed by atoms with E-state index in [4.69, 9.17) is 0 Å². The van der Waals surface area contributed by atoms with Gasteiger partial charge in [-0.2, -0.15) is 13.5 Å². The average molecular weight is 558 g/mol. The second-order valence-corrected chi connectivity index (χ2v) is 10.6. The van der Waals surface area contributed by atoms with Gasteiger partial charge in [-0.3, -0.25) is 4.55 Å². The number of hydrogen-bond acceptors (Lipinski definition) is 7. The van der Waals surface area contributed by atoms with Crippen molar-refractivity contribution in [1.29, 1.82) is 0 Å². The molecule has 9 heteroatoms. The van der Waals surface area contributed by atoms with E-state index in [1.54, 1.807) is 24.3 Å². The minimum absolute atomic E-state index is 0.218. The zero-order valence-corrected chi connectivity index (χ0v) is 22.4. The van der Waals surface area contributed by atoms with Crippen molar-refractivity contribution >= 4 is 65.8 Å². The molecule has 0 aliphatic rings. The summed E-state index contributed by atoms with van der Waals surface area (Å²) in [5.41, 5.74) is 3.79. The molecule has 41 heavy (non-hydrogen) atoms. The number of azo groups is 2. The molecule has 0 saturated carbocycles. The number of fused-ring (bicyclic) bond motifs is 2. The molecule has 6 aromatic carbocycles. The van der Waals surface area contributed by atoms with Crippen molar-refractivity contribution in [3.05, 3.63) is 127 Å². The van der Waals surface area contributed by atoms with Crippen LogP contribution in [0, 0.1) is 0 Å². The summed E-state index contributed by atoms with van der Waals surface area (Å²) >= 11 is 0. The molecule has 0 aromatic heterocycles. The van der Waals surface area contributed by atoms with E-state index in [9.17, 15) is 13.0 Å². The lowest BCUT2D eigenvalue weighted by Gasteiger charge is -2.14. The fourth-order valence-corrected chi connectivity index (χ4v) is 5.33. The fraction of sp³-hybridized carbons (Fsp3) is 0. The Kier molecular flexibility index (Phi) is 7.03. The quantitative estimate of drug-likeness (QED) is 0.150. The molecule has 0 aliphatic heterocycles. The molecule has 0 amide bonds. The van der Waals surface area contributed by atoms with Crippen molar-refractivity contribution in [2.24, 2.45) is 20.5 Å². The summed E-state index contributed by atoms with van der Waals surface area (Å²) < 4.78 is 34.7. The molecule has 0 bridgehead atoms. The molecular formula is C32H23N5O3S. The van der Waals surface area contributed by atoms with E-state index >= 15 is 0 Å². The zero-order valence-electron chi connectivity index (χ0n) is 21.6. The van der Waals surface area contributed by atoms with E-state index < -0.39 is 10.1 Å². The second-order valence-electron chi connectivity index (χ2n) is 9.16. The van der Waals surface area contributed by atoms with Crippen LogP contribution in [0.4, 0.5) is 34.1 Å². The van der Waals surface area contributed by atoms with Gasteiger partial charge in [0.1, 0.15) is 4.90 Å². The van der Waals surface area contributed by atoms with Crippen LogP contribution in [0.25, 0.3) is 21.5 Å². The SMILES string of the molecule is O=S(=O)(O)c1cccc2c(/N=N/c3ccc(/N=N/c4ccccc4)c4ccccc34)ccc(Nc3ccccc3)c12. The van der Waals surface area contributed by atoms with Gasteiger partial charge in [-0.25, -0.2) is 0 Å². The number of nitrogens with one attached hydrogen (secondary N) is 1. The zero-order chi connectivity index (χ0) is 28.2. The van der Waals surface area contributed by atoms with Gasteiger partial charge < -0.3 is 5.32 Å². The Hall–Kier alpha value is -5.25. The van der Waals surface area contributed by atoms with Gasteiger partial charge in [0.25, 0.3) is 10.1 Å². The number of hydrogen-bond donors (Lipinski definition) is 2. The highest BCUT2D eigenvalue weighted by Gasteiger charge is 2.19. The van der Waals surface area contributed by atoms with Gasteiger partial charge in [-0.05, 0) is 54.6 Å². The fourth-order valence-electron chi connectivity index (χ4n) is 4.60. The van der Waals surface area contributed by atoms with E-state index in [1.807, 2.05) is 97.1 Å². The normalized spacial score (nSPS) is 12.0. The van der Waals surface area contributed by atoms with E-state index in [-0.39, 0.29) is 4.90 Å². The maximum atomic E-state index is 12.3. The van der Waals surface area contributed by atoms with Crippen molar-refractivity contribution in [1.82, 2.24) is 0 Å². The number of para-hydroxylation sites is 1. The molecule has 0 saturated heterocycles. The van der Waals surface area contributed by atoms with Crippen molar-refractivity contribution in [2.45, 2.75) is 4.90 Å². The lowest BCUT2D eigenvalue weighted by Crippen LogP contribution is -2.01. The summed E-state index contributed by atoms with van der Waals surface area (Å²) in [6.07, 6.45) is 0. The Morgan fingerprint density at radius 3 is 1.66 bits per heavy atom. The predicted octanol–water partition coefficient (Wildman–Crippen LogP) is 9.81. The maximum absolute atomic E-state index is 12.3. The Balaban J connectivity index is 1.43. The lowest BCUT2D eigenvalue weighted by molar-refractivity contribution is 0.484. The highest BCUT2D eigenvalue weighted by Crippen LogP contribution is 2.39. The van der Waals surface area contributed by atoms with Crippen LogP contribution in [0.15, 0.2) is 153 Å².